The van der Waals surface area contributed by atoms with Crippen LogP contribution in [-0.2, 0) is 6.42 Å². The standard InChI is InChI=1S/C11H15NS/c1-13-10-7-3-2-5-9-6-4-8-12-11(9)10/h4,6,8,10H,2-3,5,7H2,1H3. The summed E-state index contributed by atoms with van der Waals surface area (Å²) in [4.78, 5) is 4.51. The molecule has 1 heterocycles. The van der Waals surface area contributed by atoms with Crippen molar-refractivity contribution < 1.29 is 0 Å². The van der Waals surface area contributed by atoms with Crippen LogP contribution in [0.3, 0.4) is 0 Å². The van der Waals surface area contributed by atoms with E-state index < -0.39 is 0 Å². The Labute approximate surface area is 84.0 Å². The van der Waals surface area contributed by atoms with E-state index in [1.54, 1.807) is 0 Å². The van der Waals surface area contributed by atoms with Crippen LogP contribution in [0.1, 0.15) is 35.8 Å². The highest BCUT2D eigenvalue weighted by Gasteiger charge is 2.17. The third-order valence-electron chi connectivity index (χ3n) is 2.68. The fraction of sp³-hybridized carbons (Fsp3) is 0.545. The minimum absolute atomic E-state index is 0.638. The molecular weight excluding hydrogens is 178 g/mol. The van der Waals surface area contributed by atoms with Crippen LogP contribution in [-0.4, -0.2) is 11.2 Å². The van der Waals surface area contributed by atoms with Gasteiger partial charge in [-0.3, -0.25) is 4.98 Å². The Balaban J connectivity index is 2.35. The zero-order valence-corrected chi connectivity index (χ0v) is 8.81. The summed E-state index contributed by atoms with van der Waals surface area (Å²) in [5, 5.41) is 0.638. The summed E-state index contributed by atoms with van der Waals surface area (Å²) in [6, 6.07) is 4.29. The van der Waals surface area contributed by atoms with Gasteiger partial charge in [0.05, 0.1) is 5.69 Å². The SMILES string of the molecule is CSC1CCCCc2cccnc21. The molecular formula is C11H15NS. The van der Waals surface area contributed by atoms with Crippen LogP contribution in [0.5, 0.6) is 0 Å². The summed E-state index contributed by atoms with van der Waals surface area (Å²) in [5.74, 6) is 0. The number of fused-ring (bicyclic) bond motifs is 1. The summed E-state index contributed by atoms with van der Waals surface area (Å²) < 4.78 is 0. The molecule has 2 heteroatoms. The van der Waals surface area contributed by atoms with Crippen molar-refractivity contribution in [2.75, 3.05) is 6.26 Å². The first-order chi connectivity index (χ1) is 6.42. The normalized spacial score (nSPS) is 22.1. The van der Waals surface area contributed by atoms with Gasteiger partial charge in [-0.25, -0.2) is 0 Å². The van der Waals surface area contributed by atoms with E-state index >= 15 is 0 Å². The number of pyridine rings is 1. The zero-order chi connectivity index (χ0) is 9.10. The van der Waals surface area contributed by atoms with Crippen LogP contribution in [0, 0.1) is 0 Å². The third kappa shape index (κ3) is 1.88. The smallest absolute Gasteiger partial charge is 0.0565 e. The second-order valence-corrected chi connectivity index (χ2v) is 4.56. The molecule has 1 aliphatic rings. The molecule has 0 saturated heterocycles. The van der Waals surface area contributed by atoms with Crippen LogP contribution < -0.4 is 0 Å². The van der Waals surface area contributed by atoms with Crippen molar-refractivity contribution in [3.63, 3.8) is 0 Å². The molecule has 0 fully saturated rings. The molecule has 1 aliphatic carbocycles. The van der Waals surface area contributed by atoms with E-state index in [0.29, 0.717) is 5.25 Å². The maximum absolute atomic E-state index is 4.51. The average Bonchev–Trinajstić information content (AvgIpc) is 2.39. The number of hydrogen-bond donors (Lipinski definition) is 0. The fourth-order valence-electron chi connectivity index (χ4n) is 1.96. The second kappa shape index (κ2) is 4.14. The van der Waals surface area contributed by atoms with E-state index in [0.717, 1.165) is 0 Å². The second-order valence-electron chi connectivity index (χ2n) is 3.52. The van der Waals surface area contributed by atoms with E-state index in [9.17, 15) is 0 Å². The Kier molecular flexibility index (Phi) is 2.89. The molecule has 1 aromatic rings. The summed E-state index contributed by atoms with van der Waals surface area (Å²) in [6.07, 6.45) is 9.31. The molecule has 0 radical (unpaired) electrons. The third-order valence-corrected chi connectivity index (χ3v) is 3.71. The Bertz CT molecular complexity index is 285. The van der Waals surface area contributed by atoms with E-state index in [-0.39, 0.29) is 0 Å². The molecule has 0 spiro atoms. The molecule has 1 atom stereocenters. The van der Waals surface area contributed by atoms with Gasteiger partial charge in [0, 0.05) is 11.4 Å². The van der Waals surface area contributed by atoms with Gasteiger partial charge >= 0.3 is 0 Å². The molecule has 1 aromatic heterocycles. The van der Waals surface area contributed by atoms with Crippen molar-refractivity contribution in [3.05, 3.63) is 29.6 Å². The molecule has 0 amide bonds. The minimum atomic E-state index is 0.638. The maximum Gasteiger partial charge on any atom is 0.0565 e. The lowest BCUT2D eigenvalue weighted by Crippen LogP contribution is -1.98. The summed E-state index contributed by atoms with van der Waals surface area (Å²) in [7, 11) is 0. The molecule has 1 nitrogen and oxygen atoms in total. The molecule has 70 valence electrons. The van der Waals surface area contributed by atoms with Gasteiger partial charge in [-0.15, -0.1) is 0 Å². The predicted octanol–water partition coefficient (Wildman–Crippen LogP) is 3.21. The largest absolute Gasteiger partial charge is 0.260 e. The highest BCUT2D eigenvalue weighted by molar-refractivity contribution is 7.98. The maximum atomic E-state index is 4.51. The van der Waals surface area contributed by atoms with Crippen LogP contribution >= 0.6 is 11.8 Å². The Morgan fingerprint density at radius 1 is 1.46 bits per heavy atom. The lowest BCUT2D eigenvalue weighted by molar-refractivity contribution is 0.701. The van der Waals surface area contributed by atoms with Crippen molar-refractivity contribution in [3.8, 4) is 0 Å². The summed E-state index contributed by atoms with van der Waals surface area (Å²) >= 11 is 1.94. The van der Waals surface area contributed by atoms with Crippen LogP contribution in [0.25, 0.3) is 0 Å². The lowest BCUT2D eigenvalue weighted by Gasteiger charge is -2.12. The van der Waals surface area contributed by atoms with Crippen LogP contribution in [0.2, 0.25) is 0 Å². The zero-order valence-electron chi connectivity index (χ0n) is 7.99. The fourth-order valence-corrected chi connectivity index (χ4v) is 2.80. The Hall–Kier alpha value is -0.500. The average molecular weight is 193 g/mol. The van der Waals surface area contributed by atoms with E-state index in [4.69, 9.17) is 0 Å². The number of hydrogen-bond acceptors (Lipinski definition) is 2. The Morgan fingerprint density at radius 3 is 3.23 bits per heavy atom. The number of aryl methyl sites for hydroxylation is 1. The van der Waals surface area contributed by atoms with Crippen molar-refractivity contribution in [2.45, 2.75) is 30.9 Å². The highest BCUT2D eigenvalue weighted by atomic mass is 32.2. The van der Waals surface area contributed by atoms with Gasteiger partial charge in [0.15, 0.2) is 0 Å². The van der Waals surface area contributed by atoms with E-state index in [1.165, 1.54) is 36.9 Å². The molecule has 0 aromatic carbocycles. The van der Waals surface area contributed by atoms with Gasteiger partial charge in [0.1, 0.15) is 0 Å². The van der Waals surface area contributed by atoms with Gasteiger partial charge in [0.2, 0.25) is 0 Å². The van der Waals surface area contributed by atoms with Gasteiger partial charge in [-0.05, 0) is 37.1 Å². The molecule has 1 unspecified atom stereocenters. The minimum Gasteiger partial charge on any atom is -0.260 e. The van der Waals surface area contributed by atoms with Crippen molar-refractivity contribution in [2.24, 2.45) is 0 Å². The lowest BCUT2D eigenvalue weighted by atomic mass is 10.1. The first kappa shape index (κ1) is 9.07. The highest BCUT2D eigenvalue weighted by Crippen LogP contribution is 2.35. The Morgan fingerprint density at radius 2 is 2.38 bits per heavy atom. The van der Waals surface area contributed by atoms with Crippen LogP contribution in [0.15, 0.2) is 18.3 Å². The van der Waals surface area contributed by atoms with Crippen molar-refractivity contribution in [1.82, 2.24) is 4.98 Å². The number of rotatable bonds is 1. The van der Waals surface area contributed by atoms with Crippen molar-refractivity contribution in [1.29, 1.82) is 0 Å². The molecule has 2 rings (SSSR count). The van der Waals surface area contributed by atoms with Crippen molar-refractivity contribution >= 4 is 11.8 Å². The number of thioether (sulfide) groups is 1. The topological polar surface area (TPSA) is 12.9 Å². The number of aromatic nitrogens is 1. The first-order valence-corrected chi connectivity index (χ1v) is 6.17. The van der Waals surface area contributed by atoms with E-state index in [1.807, 2.05) is 18.0 Å². The quantitative estimate of drug-likeness (QED) is 0.635. The van der Waals surface area contributed by atoms with Gasteiger partial charge in [0.25, 0.3) is 0 Å². The molecule has 0 bridgehead atoms. The predicted molar refractivity (Wildman–Crippen MR) is 58.0 cm³/mol. The monoisotopic (exact) mass is 193 g/mol. The molecule has 0 saturated carbocycles. The molecule has 0 aliphatic heterocycles. The molecule has 0 N–H and O–H groups in total. The summed E-state index contributed by atoms with van der Waals surface area (Å²) in [5.41, 5.74) is 2.81. The van der Waals surface area contributed by atoms with E-state index in [2.05, 4.69) is 23.4 Å². The van der Waals surface area contributed by atoms with Crippen LogP contribution in [0.4, 0.5) is 0 Å². The first-order valence-electron chi connectivity index (χ1n) is 4.88. The van der Waals surface area contributed by atoms with Gasteiger partial charge in [-0.2, -0.15) is 11.8 Å². The van der Waals surface area contributed by atoms with Gasteiger partial charge < -0.3 is 0 Å². The summed E-state index contributed by atoms with van der Waals surface area (Å²) in [6.45, 7) is 0. The number of nitrogens with zero attached hydrogens (tertiary/aromatic N) is 1. The van der Waals surface area contributed by atoms with Gasteiger partial charge in [-0.1, -0.05) is 12.5 Å². The molecule has 13 heavy (non-hydrogen) atoms.